The lowest BCUT2D eigenvalue weighted by molar-refractivity contribution is 0.102. The third-order valence-electron chi connectivity index (χ3n) is 2.56. The number of aryl methyl sites for hydroxylation is 1. The Labute approximate surface area is 111 Å². The highest BCUT2D eigenvalue weighted by Crippen LogP contribution is 2.18. The lowest BCUT2D eigenvalue weighted by Gasteiger charge is -2.05. The molecule has 0 spiro atoms. The Morgan fingerprint density at radius 1 is 1.25 bits per heavy atom. The molecule has 0 aliphatic heterocycles. The largest absolute Gasteiger partial charge is 0.302 e. The van der Waals surface area contributed by atoms with E-state index in [0.717, 1.165) is 12.5 Å². The molecule has 0 aliphatic carbocycles. The molecule has 1 aromatic heterocycles. The van der Waals surface area contributed by atoms with Gasteiger partial charge in [0.15, 0.2) is 17.5 Å². The molecule has 0 atom stereocenters. The van der Waals surface area contributed by atoms with Gasteiger partial charge in [0.05, 0.1) is 5.56 Å². The second-order valence-corrected chi connectivity index (χ2v) is 3.99. The van der Waals surface area contributed by atoms with Crippen LogP contribution in [0.2, 0.25) is 0 Å². The molecule has 1 heterocycles. The molecule has 0 unspecified atom stereocenters. The van der Waals surface area contributed by atoms with Crippen LogP contribution in [0.5, 0.6) is 0 Å². The van der Waals surface area contributed by atoms with Crippen molar-refractivity contribution >= 4 is 11.7 Å². The van der Waals surface area contributed by atoms with Crippen molar-refractivity contribution in [3.05, 3.63) is 40.8 Å². The van der Waals surface area contributed by atoms with Crippen molar-refractivity contribution in [1.29, 1.82) is 0 Å². The van der Waals surface area contributed by atoms with Crippen molar-refractivity contribution in [3.8, 4) is 0 Å². The normalized spacial score (nSPS) is 10.6. The first-order valence-corrected chi connectivity index (χ1v) is 5.80. The van der Waals surface area contributed by atoms with Gasteiger partial charge in [-0.1, -0.05) is 18.5 Å². The number of carbonyl (C=O) groups excluding carboxylic acids is 1. The molecule has 0 bridgehead atoms. The minimum Gasteiger partial charge on any atom is -0.302 e. The van der Waals surface area contributed by atoms with Crippen LogP contribution < -0.4 is 5.32 Å². The summed E-state index contributed by atoms with van der Waals surface area (Å²) in [7, 11) is 0. The van der Waals surface area contributed by atoms with E-state index < -0.39 is 28.9 Å². The summed E-state index contributed by atoms with van der Waals surface area (Å²) in [5.74, 6) is -5.56. The van der Waals surface area contributed by atoms with Gasteiger partial charge in [0.25, 0.3) is 5.91 Å². The lowest BCUT2D eigenvalue weighted by Crippen LogP contribution is -2.16. The number of halogens is 3. The zero-order valence-electron chi connectivity index (χ0n) is 10.4. The lowest BCUT2D eigenvalue weighted by atomic mass is 10.2. The Bertz CT molecular complexity index is 643. The van der Waals surface area contributed by atoms with Crippen LogP contribution in [0.1, 0.15) is 29.4 Å². The van der Waals surface area contributed by atoms with E-state index in [1.54, 1.807) is 0 Å². The Kier molecular flexibility index (Phi) is 4.02. The molecule has 0 fully saturated rings. The maximum Gasteiger partial charge on any atom is 0.260 e. The van der Waals surface area contributed by atoms with E-state index in [4.69, 9.17) is 0 Å². The number of hydrogen-bond donors (Lipinski definition) is 1. The smallest absolute Gasteiger partial charge is 0.260 e. The highest BCUT2D eigenvalue weighted by Gasteiger charge is 2.21. The van der Waals surface area contributed by atoms with Gasteiger partial charge in [-0.25, -0.2) is 17.8 Å². The number of nitrogens with zero attached hydrogens (tertiary/aromatic N) is 2. The molecule has 1 N–H and O–H groups in total. The summed E-state index contributed by atoms with van der Waals surface area (Å²) in [5.41, 5.74) is -0.238. The zero-order chi connectivity index (χ0) is 14.7. The molecule has 106 valence electrons. The topological polar surface area (TPSA) is 68.0 Å². The van der Waals surface area contributed by atoms with Gasteiger partial charge in [0.1, 0.15) is 5.69 Å². The van der Waals surface area contributed by atoms with E-state index in [9.17, 15) is 18.0 Å². The average Bonchev–Trinajstić information content (AvgIpc) is 2.84. The summed E-state index contributed by atoms with van der Waals surface area (Å²) in [6.45, 7) is 1.88. The number of anilines is 1. The third-order valence-corrected chi connectivity index (χ3v) is 2.56. The fourth-order valence-corrected chi connectivity index (χ4v) is 1.58. The molecule has 5 nitrogen and oxygen atoms in total. The van der Waals surface area contributed by atoms with Crippen molar-refractivity contribution < 1.29 is 22.6 Å². The molecule has 0 aliphatic rings. The number of amides is 1. The highest BCUT2D eigenvalue weighted by atomic mass is 19.2. The fraction of sp³-hybridized carbons (Fsp3) is 0.250. The number of benzene rings is 1. The number of nitrogens with one attached hydrogen (secondary N) is 1. The summed E-state index contributed by atoms with van der Waals surface area (Å²) in [6.07, 6.45) is 1.23. The van der Waals surface area contributed by atoms with Gasteiger partial charge in [0.2, 0.25) is 5.82 Å². The Morgan fingerprint density at radius 2 is 2.00 bits per heavy atom. The SMILES string of the molecule is CCCc1nonc1NC(=O)c1ccc(F)c(F)c1F. The second-order valence-electron chi connectivity index (χ2n) is 3.99. The van der Waals surface area contributed by atoms with E-state index >= 15 is 0 Å². The van der Waals surface area contributed by atoms with Crippen LogP contribution in [0, 0.1) is 17.5 Å². The molecule has 2 aromatic rings. The predicted octanol–water partition coefficient (Wildman–Crippen LogP) is 2.69. The van der Waals surface area contributed by atoms with Gasteiger partial charge in [-0.2, -0.15) is 0 Å². The Balaban J connectivity index is 2.24. The summed E-state index contributed by atoms with van der Waals surface area (Å²) < 4.78 is 43.8. The maximum absolute atomic E-state index is 13.5. The molecular weight excluding hydrogens is 275 g/mol. The van der Waals surface area contributed by atoms with Crippen molar-refractivity contribution in [2.75, 3.05) is 5.32 Å². The molecular formula is C12H10F3N3O2. The molecule has 2 rings (SSSR count). The van der Waals surface area contributed by atoms with Gasteiger partial charge < -0.3 is 5.32 Å². The summed E-state index contributed by atoms with van der Waals surface area (Å²) in [5, 5.41) is 9.28. The van der Waals surface area contributed by atoms with E-state index in [-0.39, 0.29) is 5.82 Å². The maximum atomic E-state index is 13.5. The molecule has 1 aromatic carbocycles. The van der Waals surface area contributed by atoms with Gasteiger partial charge in [-0.05, 0) is 23.7 Å². The van der Waals surface area contributed by atoms with Crippen LogP contribution in [0.25, 0.3) is 0 Å². The molecule has 8 heteroatoms. The Morgan fingerprint density at radius 3 is 2.70 bits per heavy atom. The minimum absolute atomic E-state index is 0.0287. The second kappa shape index (κ2) is 5.72. The Hall–Kier alpha value is -2.38. The van der Waals surface area contributed by atoms with Crippen molar-refractivity contribution in [3.63, 3.8) is 0 Å². The van der Waals surface area contributed by atoms with Crippen LogP contribution in [-0.2, 0) is 6.42 Å². The molecule has 0 radical (unpaired) electrons. The summed E-state index contributed by atoms with van der Waals surface area (Å²) >= 11 is 0. The van der Waals surface area contributed by atoms with E-state index in [0.29, 0.717) is 18.2 Å². The van der Waals surface area contributed by atoms with Gasteiger partial charge in [-0.3, -0.25) is 4.79 Å². The van der Waals surface area contributed by atoms with Crippen LogP contribution in [0.4, 0.5) is 19.0 Å². The first kappa shape index (κ1) is 14.0. The van der Waals surface area contributed by atoms with Gasteiger partial charge >= 0.3 is 0 Å². The number of hydrogen-bond acceptors (Lipinski definition) is 4. The molecule has 20 heavy (non-hydrogen) atoms. The quantitative estimate of drug-likeness (QED) is 0.877. The number of rotatable bonds is 4. The van der Waals surface area contributed by atoms with E-state index in [1.807, 2.05) is 6.92 Å². The van der Waals surface area contributed by atoms with Crippen LogP contribution in [-0.4, -0.2) is 16.2 Å². The minimum atomic E-state index is -1.70. The van der Waals surface area contributed by atoms with Gasteiger partial charge in [-0.15, -0.1) is 0 Å². The first-order chi connectivity index (χ1) is 9.54. The molecule has 1 amide bonds. The van der Waals surface area contributed by atoms with E-state index in [1.165, 1.54) is 0 Å². The van der Waals surface area contributed by atoms with Crippen molar-refractivity contribution in [2.45, 2.75) is 19.8 Å². The number of carbonyl (C=O) groups is 1. The van der Waals surface area contributed by atoms with Crippen LogP contribution in [0.15, 0.2) is 16.8 Å². The number of aromatic nitrogens is 2. The first-order valence-electron chi connectivity index (χ1n) is 5.80. The average molecular weight is 285 g/mol. The molecule has 0 saturated carbocycles. The van der Waals surface area contributed by atoms with Crippen LogP contribution in [0.3, 0.4) is 0 Å². The summed E-state index contributed by atoms with van der Waals surface area (Å²) in [4.78, 5) is 11.8. The predicted molar refractivity (Wildman–Crippen MR) is 62.6 cm³/mol. The third kappa shape index (κ3) is 2.63. The fourth-order valence-electron chi connectivity index (χ4n) is 1.58. The molecule has 0 saturated heterocycles. The summed E-state index contributed by atoms with van der Waals surface area (Å²) in [6, 6.07) is 1.51. The van der Waals surface area contributed by atoms with E-state index in [2.05, 4.69) is 20.3 Å². The van der Waals surface area contributed by atoms with Crippen LogP contribution >= 0.6 is 0 Å². The van der Waals surface area contributed by atoms with Crippen molar-refractivity contribution in [2.24, 2.45) is 0 Å². The highest BCUT2D eigenvalue weighted by molar-refractivity contribution is 6.04. The zero-order valence-corrected chi connectivity index (χ0v) is 10.4. The van der Waals surface area contributed by atoms with Gasteiger partial charge in [0, 0.05) is 0 Å². The monoisotopic (exact) mass is 285 g/mol. The van der Waals surface area contributed by atoms with Crippen molar-refractivity contribution in [1.82, 2.24) is 10.3 Å². The standard InChI is InChI=1S/C12H10F3N3O2/c1-2-3-8-11(18-20-17-8)16-12(19)6-4-5-7(13)10(15)9(6)14/h4-5H,2-3H2,1H3,(H,16,18,19).